The van der Waals surface area contributed by atoms with E-state index in [1.807, 2.05) is 18.2 Å². The summed E-state index contributed by atoms with van der Waals surface area (Å²) < 4.78 is 27.8. The van der Waals surface area contributed by atoms with E-state index in [0.717, 1.165) is 17.2 Å². The standard InChI is InChI=1S/C26H30F2O/c1-2-3-4-5-6-7-8-9-10-19-11-12-21-18-22(14-13-20(21)17-19)23-15-16-24(29)26(28)25(23)27/h11-18,29H,2-10H2,1H3. The van der Waals surface area contributed by atoms with Crippen molar-refractivity contribution >= 4 is 10.8 Å². The van der Waals surface area contributed by atoms with Crippen molar-refractivity contribution in [3.05, 3.63) is 65.7 Å². The molecule has 1 N–H and O–H groups in total. The van der Waals surface area contributed by atoms with Gasteiger partial charge in [0.25, 0.3) is 0 Å². The number of halogens is 2. The zero-order chi connectivity index (χ0) is 20.6. The topological polar surface area (TPSA) is 20.2 Å². The minimum Gasteiger partial charge on any atom is -0.505 e. The first-order chi connectivity index (χ1) is 14.1. The fourth-order valence-corrected chi connectivity index (χ4v) is 3.84. The van der Waals surface area contributed by atoms with Gasteiger partial charge in [-0.15, -0.1) is 0 Å². The van der Waals surface area contributed by atoms with Crippen LogP contribution in [0, 0.1) is 11.6 Å². The zero-order valence-electron chi connectivity index (χ0n) is 17.2. The highest BCUT2D eigenvalue weighted by Gasteiger charge is 2.14. The minimum atomic E-state index is -1.21. The summed E-state index contributed by atoms with van der Waals surface area (Å²) in [4.78, 5) is 0. The van der Waals surface area contributed by atoms with Gasteiger partial charge in [-0.2, -0.15) is 4.39 Å². The molecule has 0 fully saturated rings. The lowest BCUT2D eigenvalue weighted by Crippen LogP contribution is -1.91. The molecule has 0 heterocycles. The van der Waals surface area contributed by atoms with Crippen LogP contribution in [0.25, 0.3) is 21.9 Å². The van der Waals surface area contributed by atoms with Crippen LogP contribution in [-0.2, 0) is 6.42 Å². The highest BCUT2D eigenvalue weighted by Crippen LogP contribution is 2.31. The van der Waals surface area contributed by atoms with Gasteiger partial charge >= 0.3 is 0 Å². The van der Waals surface area contributed by atoms with E-state index in [4.69, 9.17) is 0 Å². The summed E-state index contributed by atoms with van der Waals surface area (Å²) in [6, 6.07) is 14.6. The molecule has 0 atom stereocenters. The Morgan fingerprint density at radius 2 is 1.34 bits per heavy atom. The molecule has 0 aliphatic carbocycles. The smallest absolute Gasteiger partial charge is 0.200 e. The predicted octanol–water partition coefficient (Wildman–Crippen LogP) is 8.17. The van der Waals surface area contributed by atoms with Gasteiger partial charge in [0.15, 0.2) is 11.6 Å². The number of phenols is 1. The van der Waals surface area contributed by atoms with Gasteiger partial charge in [-0.25, -0.2) is 4.39 Å². The van der Waals surface area contributed by atoms with Crippen LogP contribution in [-0.4, -0.2) is 5.11 Å². The monoisotopic (exact) mass is 396 g/mol. The van der Waals surface area contributed by atoms with Crippen LogP contribution >= 0.6 is 0 Å². The Morgan fingerprint density at radius 1 is 0.690 bits per heavy atom. The highest BCUT2D eigenvalue weighted by atomic mass is 19.2. The van der Waals surface area contributed by atoms with Crippen LogP contribution in [0.5, 0.6) is 5.75 Å². The van der Waals surface area contributed by atoms with Gasteiger partial charge in [-0.3, -0.25) is 0 Å². The normalized spacial score (nSPS) is 11.3. The Balaban J connectivity index is 1.60. The number of fused-ring (bicyclic) bond motifs is 1. The minimum absolute atomic E-state index is 0.158. The van der Waals surface area contributed by atoms with E-state index in [0.29, 0.717) is 5.56 Å². The number of hydrogen-bond acceptors (Lipinski definition) is 1. The SMILES string of the molecule is CCCCCCCCCCc1ccc2cc(-c3ccc(O)c(F)c3F)ccc2c1. The Hall–Kier alpha value is -2.42. The fraction of sp³-hybridized carbons (Fsp3) is 0.385. The average Bonchev–Trinajstić information content (AvgIpc) is 2.73. The molecule has 154 valence electrons. The number of aryl methyl sites for hydroxylation is 1. The molecular formula is C26H30F2O. The third-order valence-electron chi connectivity index (χ3n) is 5.60. The van der Waals surface area contributed by atoms with Crippen molar-refractivity contribution in [1.82, 2.24) is 0 Å². The fourth-order valence-electron chi connectivity index (χ4n) is 3.84. The summed E-state index contributed by atoms with van der Waals surface area (Å²) in [7, 11) is 0. The third-order valence-corrected chi connectivity index (χ3v) is 5.60. The van der Waals surface area contributed by atoms with E-state index >= 15 is 0 Å². The molecule has 3 aromatic carbocycles. The Labute approximate surface area is 172 Å². The molecule has 3 aromatic rings. The molecule has 3 heteroatoms. The van der Waals surface area contributed by atoms with Crippen molar-refractivity contribution in [2.45, 2.75) is 64.7 Å². The summed E-state index contributed by atoms with van der Waals surface area (Å²) >= 11 is 0. The summed E-state index contributed by atoms with van der Waals surface area (Å²) in [5, 5.41) is 11.4. The molecule has 0 bridgehead atoms. The zero-order valence-corrected chi connectivity index (χ0v) is 17.2. The lowest BCUT2D eigenvalue weighted by molar-refractivity contribution is 0.408. The van der Waals surface area contributed by atoms with Crippen molar-refractivity contribution in [1.29, 1.82) is 0 Å². The van der Waals surface area contributed by atoms with E-state index in [9.17, 15) is 13.9 Å². The van der Waals surface area contributed by atoms with Crippen LogP contribution in [0.1, 0.15) is 63.9 Å². The van der Waals surface area contributed by atoms with Crippen LogP contribution in [0.15, 0.2) is 48.5 Å². The molecule has 0 unspecified atom stereocenters. The second kappa shape index (κ2) is 10.4. The van der Waals surface area contributed by atoms with E-state index in [1.165, 1.54) is 69.1 Å². The number of aromatic hydroxyl groups is 1. The summed E-state index contributed by atoms with van der Waals surface area (Å²) in [5.74, 6) is -2.89. The second-order valence-corrected chi connectivity index (χ2v) is 7.88. The maximum Gasteiger partial charge on any atom is 0.200 e. The lowest BCUT2D eigenvalue weighted by atomic mass is 9.97. The van der Waals surface area contributed by atoms with Crippen molar-refractivity contribution in [2.24, 2.45) is 0 Å². The van der Waals surface area contributed by atoms with Crippen LogP contribution in [0.4, 0.5) is 8.78 Å². The maximum absolute atomic E-state index is 14.2. The number of phenolic OH excluding ortho intramolecular Hbond substituents is 1. The van der Waals surface area contributed by atoms with Gasteiger partial charge in [-0.05, 0) is 52.9 Å². The Bertz CT molecular complexity index is 949. The maximum atomic E-state index is 14.2. The largest absolute Gasteiger partial charge is 0.505 e. The van der Waals surface area contributed by atoms with Gasteiger partial charge < -0.3 is 5.11 Å². The second-order valence-electron chi connectivity index (χ2n) is 7.88. The quantitative estimate of drug-likeness (QED) is 0.343. The molecule has 3 rings (SSSR count). The highest BCUT2D eigenvalue weighted by molar-refractivity contribution is 5.88. The van der Waals surface area contributed by atoms with Gasteiger partial charge in [0.1, 0.15) is 0 Å². The third kappa shape index (κ3) is 5.56. The molecular weight excluding hydrogens is 366 g/mol. The first-order valence-corrected chi connectivity index (χ1v) is 10.8. The van der Waals surface area contributed by atoms with Gasteiger partial charge in [0.05, 0.1) is 0 Å². The van der Waals surface area contributed by atoms with E-state index < -0.39 is 17.4 Å². The number of benzene rings is 3. The van der Waals surface area contributed by atoms with Crippen molar-refractivity contribution in [3.63, 3.8) is 0 Å². The average molecular weight is 397 g/mol. The summed E-state index contributed by atoms with van der Waals surface area (Å²) in [5.41, 5.74) is 2.08. The molecule has 0 saturated carbocycles. The number of rotatable bonds is 10. The van der Waals surface area contributed by atoms with Crippen LogP contribution in [0.2, 0.25) is 0 Å². The van der Waals surface area contributed by atoms with Gasteiger partial charge in [-0.1, -0.05) is 82.2 Å². The number of unbranched alkanes of at least 4 members (excludes halogenated alkanes) is 7. The first-order valence-electron chi connectivity index (χ1n) is 10.8. The van der Waals surface area contributed by atoms with Crippen molar-refractivity contribution in [2.75, 3.05) is 0 Å². The van der Waals surface area contributed by atoms with Gasteiger partial charge in [0.2, 0.25) is 5.82 Å². The van der Waals surface area contributed by atoms with E-state index in [-0.39, 0.29) is 5.56 Å². The van der Waals surface area contributed by atoms with Gasteiger partial charge in [0, 0.05) is 5.56 Å². The Kier molecular flexibility index (Phi) is 7.62. The summed E-state index contributed by atoms with van der Waals surface area (Å²) in [6.07, 6.45) is 11.6. The molecule has 0 aromatic heterocycles. The van der Waals surface area contributed by atoms with Crippen LogP contribution in [0.3, 0.4) is 0 Å². The molecule has 29 heavy (non-hydrogen) atoms. The van der Waals surface area contributed by atoms with Crippen LogP contribution < -0.4 is 0 Å². The van der Waals surface area contributed by atoms with Crippen molar-refractivity contribution < 1.29 is 13.9 Å². The molecule has 0 aliphatic heterocycles. The first kappa shape index (κ1) is 21.3. The molecule has 0 amide bonds. The van der Waals surface area contributed by atoms with E-state index in [1.54, 1.807) is 6.07 Å². The lowest BCUT2D eigenvalue weighted by Gasteiger charge is -2.09. The van der Waals surface area contributed by atoms with Crippen molar-refractivity contribution in [3.8, 4) is 16.9 Å². The molecule has 1 nitrogen and oxygen atoms in total. The predicted molar refractivity (Wildman–Crippen MR) is 117 cm³/mol. The Morgan fingerprint density at radius 3 is 2.10 bits per heavy atom. The van der Waals surface area contributed by atoms with E-state index in [2.05, 4.69) is 19.1 Å². The molecule has 0 radical (unpaired) electrons. The molecule has 0 spiro atoms. The molecule has 0 aliphatic rings. The number of hydrogen-bond donors (Lipinski definition) is 1. The molecule has 0 saturated heterocycles. The summed E-state index contributed by atoms with van der Waals surface area (Å²) in [6.45, 7) is 2.25.